The van der Waals surface area contributed by atoms with Crippen molar-refractivity contribution >= 4 is 0 Å². The van der Waals surface area contributed by atoms with E-state index in [-0.39, 0.29) is 17.0 Å². The Bertz CT molecular complexity index is 184. The number of hydrogen-bond acceptors (Lipinski definition) is 0. The summed E-state index contributed by atoms with van der Waals surface area (Å²) in [7, 11) is 0. The SMILES string of the molecule is CCCCCCCC[N+](CC)(CC)CCCCCCCC.[Br-]. The predicted octanol–water partition coefficient (Wildman–Crippen LogP) is 3.57. The molecule has 0 spiro atoms. The molecule has 0 N–H and O–H groups in total. The molecular formula is C20H44BrN. The maximum Gasteiger partial charge on any atom is 0.0786 e. The highest BCUT2D eigenvalue weighted by Gasteiger charge is 2.21. The number of quaternary nitrogens is 1. The Balaban J connectivity index is 0. The second-order valence-electron chi connectivity index (χ2n) is 6.96. The first-order chi connectivity index (χ1) is 10.2. The highest BCUT2D eigenvalue weighted by Crippen LogP contribution is 2.15. The van der Waals surface area contributed by atoms with Crippen LogP contribution in [0.4, 0.5) is 0 Å². The number of hydrogen-bond donors (Lipinski definition) is 0. The Morgan fingerprint density at radius 3 is 1.09 bits per heavy atom. The zero-order chi connectivity index (χ0) is 15.8. The van der Waals surface area contributed by atoms with Crippen molar-refractivity contribution in [3.63, 3.8) is 0 Å². The van der Waals surface area contributed by atoms with Gasteiger partial charge in [0.2, 0.25) is 0 Å². The van der Waals surface area contributed by atoms with Gasteiger partial charge in [0, 0.05) is 0 Å². The van der Waals surface area contributed by atoms with Crippen LogP contribution in [0, 0.1) is 0 Å². The van der Waals surface area contributed by atoms with E-state index in [0.717, 1.165) is 0 Å². The molecule has 0 aliphatic heterocycles. The minimum absolute atomic E-state index is 0. The quantitative estimate of drug-likeness (QED) is 0.285. The predicted molar refractivity (Wildman–Crippen MR) is 97.8 cm³/mol. The Morgan fingerprint density at radius 2 is 0.773 bits per heavy atom. The summed E-state index contributed by atoms with van der Waals surface area (Å²) in [5.74, 6) is 0. The topological polar surface area (TPSA) is 0 Å². The molecule has 0 aliphatic rings. The van der Waals surface area contributed by atoms with E-state index in [1.165, 1.54) is 108 Å². The fourth-order valence-corrected chi connectivity index (χ4v) is 3.42. The summed E-state index contributed by atoms with van der Waals surface area (Å²) in [5.41, 5.74) is 0. The number of rotatable bonds is 16. The zero-order valence-corrected chi connectivity index (χ0v) is 17.7. The standard InChI is InChI=1S/C20H44N.BrH/c1-5-9-11-13-15-17-19-21(7-3,8-4)20-18-16-14-12-10-6-2;/h5-20H2,1-4H3;1H/q+1;/p-1. The van der Waals surface area contributed by atoms with Gasteiger partial charge in [0.05, 0.1) is 26.2 Å². The number of unbranched alkanes of at least 4 members (excludes halogenated alkanes) is 10. The molecule has 0 atom stereocenters. The smallest absolute Gasteiger partial charge is 0.0786 e. The van der Waals surface area contributed by atoms with E-state index in [2.05, 4.69) is 27.7 Å². The van der Waals surface area contributed by atoms with E-state index < -0.39 is 0 Å². The summed E-state index contributed by atoms with van der Waals surface area (Å²) in [6, 6.07) is 0. The molecule has 22 heavy (non-hydrogen) atoms. The highest BCUT2D eigenvalue weighted by atomic mass is 79.9. The van der Waals surface area contributed by atoms with Crippen molar-refractivity contribution in [2.75, 3.05) is 26.2 Å². The summed E-state index contributed by atoms with van der Waals surface area (Å²) in [5, 5.41) is 0. The van der Waals surface area contributed by atoms with E-state index >= 15 is 0 Å². The molecule has 0 aliphatic carbocycles. The molecule has 0 heterocycles. The van der Waals surface area contributed by atoms with Crippen LogP contribution in [0.1, 0.15) is 105 Å². The van der Waals surface area contributed by atoms with Crippen molar-refractivity contribution < 1.29 is 21.5 Å². The maximum atomic E-state index is 2.40. The first-order valence-electron chi connectivity index (χ1n) is 10.1. The molecule has 136 valence electrons. The van der Waals surface area contributed by atoms with Gasteiger partial charge in [0.15, 0.2) is 0 Å². The van der Waals surface area contributed by atoms with Gasteiger partial charge < -0.3 is 21.5 Å². The summed E-state index contributed by atoms with van der Waals surface area (Å²) >= 11 is 0. The van der Waals surface area contributed by atoms with E-state index in [4.69, 9.17) is 0 Å². The average Bonchev–Trinajstić information content (AvgIpc) is 2.52. The van der Waals surface area contributed by atoms with Gasteiger partial charge in [0.25, 0.3) is 0 Å². The van der Waals surface area contributed by atoms with Crippen molar-refractivity contribution in [3.8, 4) is 0 Å². The minimum atomic E-state index is 0. The third kappa shape index (κ3) is 12.9. The lowest BCUT2D eigenvalue weighted by Gasteiger charge is -2.37. The fourth-order valence-electron chi connectivity index (χ4n) is 3.42. The molecule has 0 saturated carbocycles. The average molecular weight is 378 g/mol. The molecule has 0 aromatic rings. The van der Waals surface area contributed by atoms with Gasteiger partial charge in [-0.05, 0) is 39.5 Å². The molecule has 0 aromatic heterocycles. The summed E-state index contributed by atoms with van der Waals surface area (Å²) in [6.07, 6.45) is 17.2. The van der Waals surface area contributed by atoms with Crippen LogP contribution in [-0.2, 0) is 0 Å². The molecule has 0 bridgehead atoms. The molecule has 0 amide bonds. The van der Waals surface area contributed by atoms with Gasteiger partial charge in [0.1, 0.15) is 0 Å². The lowest BCUT2D eigenvalue weighted by Crippen LogP contribution is -3.00. The van der Waals surface area contributed by atoms with Crippen LogP contribution in [-0.4, -0.2) is 30.7 Å². The van der Waals surface area contributed by atoms with Crippen LogP contribution in [0.25, 0.3) is 0 Å². The molecule has 0 unspecified atom stereocenters. The molecule has 0 saturated heterocycles. The van der Waals surface area contributed by atoms with E-state index in [0.29, 0.717) is 0 Å². The van der Waals surface area contributed by atoms with Crippen LogP contribution in [0.2, 0.25) is 0 Å². The third-order valence-electron chi connectivity index (χ3n) is 5.31. The normalized spacial score (nSPS) is 11.5. The first-order valence-corrected chi connectivity index (χ1v) is 10.1. The van der Waals surface area contributed by atoms with E-state index in [9.17, 15) is 0 Å². The van der Waals surface area contributed by atoms with Gasteiger partial charge in [-0.2, -0.15) is 0 Å². The van der Waals surface area contributed by atoms with Crippen molar-refractivity contribution in [3.05, 3.63) is 0 Å². The second-order valence-corrected chi connectivity index (χ2v) is 6.96. The largest absolute Gasteiger partial charge is 1.00 e. The van der Waals surface area contributed by atoms with Gasteiger partial charge >= 0.3 is 0 Å². The van der Waals surface area contributed by atoms with E-state index in [1.54, 1.807) is 0 Å². The summed E-state index contributed by atoms with van der Waals surface area (Å²) in [6.45, 7) is 14.9. The van der Waals surface area contributed by atoms with Gasteiger partial charge in [-0.25, -0.2) is 0 Å². The Labute approximate surface area is 152 Å². The Kier molecular flexibility index (Phi) is 20.0. The molecule has 2 heteroatoms. The van der Waals surface area contributed by atoms with Gasteiger partial charge in [-0.1, -0.05) is 65.2 Å². The molecule has 0 aromatic carbocycles. The van der Waals surface area contributed by atoms with Crippen LogP contribution in [0.3, 0.4) is 0 Å². The Morgan fingerprint density at radius 1 is 0.455 bits per heavy atom. The van der Waals surface area contributed by atoms with Crippen molar-refractivity contribution in [1.82, 2.24) is 0 Å². The van der Waals surface area contributed by atoms with Gasteiger partial charge in [-0.3, -0.25) is 0 Å². The summed E-state index contributed by atoms with van der Waals surface area (Å²) < 4.78 is 1.38. The van der Waals surface area contributed by atoms with Crippen molar-refractivity contribution in [2.24, 2.45) is 0 Å². The summed E-state index contributed by atoms with van der Waals surface area (Å²) in [4.78, 5) is 0. The second kappa shape index (κ2) is 17.8. The van der Waals surface area contributed by atoms with Crippen LogP contribution >= 0.6 is 0 Å². The monoisotopic (exact) mass is 377 g/mol. The molecule has 1 nitrogen and oxygen atoms in total. The maximum absolute atomic E-state index is 2.40. The van der Waals surface area contributed by atoms with Crippen LogP contribution in [0.15, 0.2) is 0 Å². The molecule has 0 rings (SSSR count). The highest BCUT2D eigenvalue weighted by molar-refractivity contribution is 4.49. The van der Waals surface area contributed by atoms with E-state index in [1.807, 2.05) is 0 Å². The van der Waals surface area contributed by atoms with Gasteiger partial charge in [-0.15, -0.1) is 0 Å². The Hall–Kier alpha value is 0.440. The van der Waals surface area contributed by atoms with Crippen LogP contribution < -0.4 is 17.0 Å². The molecule has 0 fully saturated rings. The first kappa shape index (κ1) is 24.7. The number of halogens is 1. The third-order valence-corrected chi connectivity index (χ3v) is 5.31. The van der Waals surface area contributed by atoms with Crippen molar-refractivity contribution in [1.29, 1.82) is 0 Å². The lowest BCUT2D eigenvalue weighted by atomic mass is 10.1. The van der Waals surface area contributed by atoms with Crippen molar-refractivity contribution in [2.45, 2.75) is 105 Å². The molecule has 0 radical (unpaired) electrons. The zero-order valence-electron chi connectivity index (χ0n) is 16.1. The minimum Gasteiger partial charge on any atom is -1.00 e. The molecular weight excluding hydrogens is 334 g/mol. The van der Waals surface area contributed by atoms with Crippen LogP contribution in [0.5, 0.6) is 0 Å². The lowest BCUT2D eigenvalue weighted by molar-refractivity contribution is -0.925. The fraction of sp³-hybridized carbons (Fsp3) is 1.00. The number of nitrogens with zero attached hydrogens (tertiary/aromatic N) is 1.